The van der Waals surface area contributed by atoms with Crippen LogP contribution in [0.3, 0.4) is 0 Å². The quantitative estimate of drug-likeness (QED) is 0.619. The molecular formula is C11H18N2O2. The van der Waals surface area contributed by atoms with Gasteiger partial charge in [-0.2, -0.15) is 0 Å². The lowest BCUT2D eigenvalue weighted by atomic mass is 9.86. The molecule has 1 saturated carbocycles. The second kappa shape index (κ2) is 5.53. The smallest absolute Gasteiger partial charge is 0.306 e. The minimum Gasteiger partial charge on any atom is -0.481 e. The van der Waals surface area contributed by atoms with Crippen molar-refractivity contribution in [1.29, 1.82) is 5.41 Å². The van der Waals surface area contributed by atoms with Crippen molar-refractivity contribution in [3.8, 4) is 0 Å². The normalized spacial score (nSPS) is 27.1. The average molecular weight is 210 g/mol. The largest absolute Gasteiger partial charge is 0.481 e. The zero-order valence-electron chi connectivity index (χ0n) is 8.99. The summed E-state index contributed by atoms with van der Waals surface area (Å²) in [5.41, 5.74) is 0.885. The Balaban J connectivity index is 2.32. The second-order valence-corrected chi connectivity index (χ2v) is 4.09. The Morgan fingerprint density at radius 2 is 2.00 bits per heavy atom. The topological polar surface area (TPSA) is 73.2 Å². The van der Waals surface area contributed by atoms with E-state index in [9.17, 15) is 4.79 Å². The van der Waals surface area contributed by atoms with Crippen LogP contribution < -0.4 is 5.32 Å². The number of aliphatic carboxylic acids is 1. The first kappa shape index (κ1) is 11.8. The van der Waals surface area contributed by atoms with E-state index in [0.717, 1.165) is 31.3 Å². The zero-order valence-corrected chi connectivity index (χ0v) is 8.99. The average Bonchev–Trinajstić information content (AvgIpc) is 2.26. The molecule has 0 atom stereocenters. The van der Waals surface area contributed by atoms with Gasteiger partial charge < -0.3 is 15.8 Å². The number of carboxylic acid groups (broad SMARTS) is 1. The predicted octanol–water partition coefficient (Wildman–Crippen LogP) is 1.77. The number of allylic oxidation sites excluding steroid dienone is 1. The van der Waals surface area contributed by atoms with Crippen molar-refractivity contribution in [1.82, 2.24) is 5.32 Å². The molecule has 0 aromatic heterocycles. The van der Waals surface area contributed by atoms with Crippen molar-refractivity contribution in [2.75, 3.05) is 0 Å². The molecule has 4 nitrogen and oxygen atoms in total. The van der Waals surface area contributed by atoms with Crippen LogP contribution in [0.2, 0.25) is 0 Å². The highest BCUT2D eigenvalue weighted by Crippen LogP contribution is 2.24. The van der Waals surface area contributed by atoms with Gasteiger partial charge in [0.1, 0.15) is 0 Å². The lowest BCUT2D eigenvalue weighted by molar-refractivity contribution is -0.142. The summed E-state index contributed by atoms with van der Waals surface area (Å²) in [5, 5.41) is 19.0. The summed E-state index contributed by atoms with van der Waals surface area (Å²) in [4.78, 5) is 10.7. The summed E-state index contributed by atoms with van der Waals surface area (Å²) in [7, 11) is 0. The summed E-state index contributed by atoms with van der Waals surface area (Å²) < 4.78 is 0. The zero-order chi connectivity index (χ0) is 11.3. The fraction of sp³-hybridized carbons (Fsp3) is 0.636. The molecule has 0 amide bonds. The van der Waals surface area contributed by atoms with Crippen LogP contribution in [0.5, 0.6) is 0 Å². The van der Waals surface area contributed by atoms with Gasteiger partial charge in [-0.05, 0) is 38.2 Å². The van der Waals surface area contributed by atoms with Crippen LogP contribution in [0.1, 0.15) is 32.6 Å². The van der Waals surface area contributed by atoms with E-state index in [1.165, 1.54) is 6.21 Å². The van der Waals surface area contributed by atoms with E-state index in [0.29, 0.717) is 6.04 Å². The standard InChI is InChI=1S/C11H18N2O2/c1-8(6-12)7-13-10-4-2-9(3-5-10)11(14)15/h6-7,9-10,12-13H,2-5H2,1H3,(H,14,15)/b8-7-,12-6?. The van der Waals surface area contributed by atoms with Crippen molar-refractivity contribution in [2.45, 2.75) is 38.6 Å². The van der Waals surface area contributed by atoms with Gasteiger partial charge in [-0.3, -0.25) is 4.79 Å². The lowest BCUT2D eigenvalue weighted by Crippen LogP contribution is -2.32. The highest BCUT2D eigenvalue weighted by molar-refractivity contribution is 5.74. The van der Waals surface area contributed by atoms with Crippen LogP contribution in [0, 0.1) is 11.3 Å². The summed E-state index contributed by atoms with van der Waals surface area (Å²) >= 11 is 0. The minimum absolute atomic E-state index is 0.157. The summed E-state index contributed by atoms with van der Waals surface area (Å²) in [6, 6.07) is 0.371. The molecule has 0 saturated heterocycles. The molecule has 0 radical (unpaired) electrons. The fourth-order valence-electron chi connectivity index (χ4n) is 1.80. The molecule has 84 valence electrons. The summed E-state index contributed by atoms with van der Waals surface area (Å²) in [5.74, 6) is -0.824. The molecule has 0 unspecified atom stereocenters. The highest BCUT2D eigenvalue weighted by Gasteiger charge is 2.24. The molecular weight excluding hydrogens is 192 g/mol. The number of carbonyl (C=O) groups is 1. The van der Waals surface area contributed by atoms with E-state index >= 15 is 0 Å². The van der Waals surface area contributed by atoms with Gasteiger partial charge in [0.25, 0.3) is 0 Å². The van der Waals surface area contributed by atoms with E-state index in [2.05, 4.69) is 5.32 Å². The van der Waals surface area contributed by atoms with Gasteiger partial charge in [0.2, 0.25) is 0 Å². The molecule has 4 heteroatoms. The molecule has 1 aliphatic carbocycles. The van der Waals surface area contributed by atoms with Gasteiger partial charge in [-0.15, -0.1) is 0 Å². The van der Waals surface area contributed by atoms with E-state index in [4.69, 9.17) is 10.5 Å². The third-order valence-electron chi connectivity index (χ3n) is 2.85. The van der Waals surface area contributed by atoms with Crippen LogP contribution in [-0.2, 0) is 4.79 Å². The minimum atomic E-state index is -0.667. The van der Waals surface area contributed by atoms with E-state index in [1.54, 1.807) is 0 Å². The summed E-state index contributed by atoms with van der Waals surface area (Å²) in [6.07, 6.45) is 6.45. The maximum absolute atomic E-state index is 10.7. The van der Waals surface area contributed by atoms with E-state index in [-0.39, 0.29) is 5.92 Å². The molecule has 1 fully saturated rings. The monoisotopic (exact) mass is 210 g/mol. The second-order valence-electron chi connectivity index (χ2n) is 4.09. The Bertz CT molecular complexity index is 266. The molecule has 0 aliphatic heterocycles. The van der Waals surface area contributed by atoms with Crippen LogP contribution in [-0.4, -0.2) is 23.3 Å². The van der Waals surface area contributed by atoms with Crippen LogP contribution in [0.4, 0.5) is 0 Å². The van der Waals surface area contributed by atoms with Crippen LogP contribution in [0.25, 0.3) is 0 Å². The van der Waals surface area contributed by atoms with Crippen LogP contribution in [0.15, 0.2) is 11.8 Å². The lowest BCUT2D eigenvalue weighted by Gasteiger charge is -2.26. The van der Waals surface area contributed by atoms with Crippen molar-refractivity contribution in [3.05, 3.63) is 11.8 Å². The fourth-order valence-corrected chi connectivity index (χ4v) is 1.80. The number of nitrogens with one attached hydrogen (secondary N) is 2. The molecule has 1 rings (SSSR count). The third kappa shape index (κ3) is 3.73. The third-order valence-corrected chi connectivity index (χ3v) is 2.85. The molecule has 0 spiro atoms. The van der Waals surface area contributed by atoms with Crippen LogP contribution >= 0.6 is 0 Å². The maximum Gasteiger partial charge on any atom is 0.306 e. The van der Waals surface area contributed by atoms with Gasteiger partial charge in [-0.1, -0.05) is 0 Å². The van der Waals surface area contributed by atoms with Crippen molar-refractivity contribution >= 4 is 12.2 Å². The Labute approximate surface area is 89.9 Å². The Hall–Kier alpha value is -1.32. The molecule has 15 heavy (non-hydrogen) atoms. The Morgan fingerprint density at radius 3 is 2.47 bits per heavy atom. The van der Waals surface area contributed by atoms with Gasteiger partial charge in [-0.25, -0.2) is 0 Å². The van der Waals surface area contributed by atoms with E-state index < -0.39 is 5.97 Å². The van der Waals surface area contributed by atoms with Gasteiger partial charge in [0.15, 0.2) is 0 Å². The molecule has 0 aromatic rings. The molecule has 1 aliphatic rings. The first-order chi connectivity index (χ1) is 7.13. The molecule has 0 aromatic carbocycles. The Kier molecular flexibility index (Phi) is 4.34. The van der Waals surface area contributed by atoms with Gasteiger partial charge in [0, 0.05) is 18.5 Å². The Morgan fingerprint density at radius 1 is 1.40 bits per heavy atom. The number of rotatable bonds is 4. The maximum atomic E-state index is 10.7. The van der Waals surface area contributed by atoms with Gasteiger partial charge >= 0.3 is 5.97 Å². The van der Waals surface area contributed by atoms with E-state index in [1.807, 2.05) is 13.1 Å². The number of carboxylic acids is 1. The van der Waals surface area contributed by atoms with Gasteiger partial charge in [0.05, 0.1) is 5.92 Å². The van der Waals surface area contributed by atoms with Crippen molar-refractivity contribution in [2.24, 2.45) is 5.92 Å². The summed E-state index contributed by atoms with van der Waals surface area (Å²) in [6.45, 7) is 1.86. The predicted molar refractivity (Wildman–Crippen MR) is 59.1 cm³/mol. The SMILES string of the molecule is C/C(C=N)=C/NC1CCC(C(=O)O)CC1. The molecule has 0 heterocycles. The molecule has 3 N–H and O–H groups in total. The van der Waals surface area contributed by atoms with Crippen molar-refractivity contribution < 1.29 is 9.90 Å². The first-order valence-corrected chi connectivity index (χ1v) is 5.29. The first-order valence-electron chi connectivity index (χ1n) is 5.29. The molecule has 0 bridgehead atoms. The number of hydrogen-bond donors (Lipinski definition) is 3. The number of hydrogen-bond acceptors (Lipinski definition) is 3. The van der Waals surface area contributed by atoms with Crippen molar-refractivity contribution in [3.63, 3.8) is 0 Å². The highest BCUT2D eigenvalue weighted by atomic mass is 16.4.